The molecule has 0 aliphatic heterocycles. The number of nitrogens with two attached hydrogens (primary N) is 1. The van der Waals surface area contributed by atoms with E-state index in [1.54, 1.807) is 16.4 Å². The first-order chi connectivity index (χ1) is 8.54. The van der Waals surface area contributed by atoms with Crippen LogP contribution >= 0.6 is 23.4 Å². The molecule has 0 radical (unpaired) electrons. The molecule has 0 bridgehead atoms. The van der Waals surface area contributed by atoms with Crippen molar-refractivity contribution in [3.05, 3.63) is 41.0 Å². The number of hydrogen-bond acceptors (Lipinski definition) is 3. The lowest BCUT2D eigenvalue weighted by Crippen LogP contribution is -2.01. The maximum Gasteiger partial charge on any atom is 0.159 e. The number of hydrogen-bond donors (Lipinski definition) is 1. The second kappa shape index (κ2) is 5.67. The molecule has 1 unspecified atom stereocenters. The maximum absolute atomic E-state index is 5.87. The summed E-state index contributed by atoms with van der Waals surface area (Å²) in [6.45, 7) is 2.19. The largest absolute Gasteiger partial charge is 0.381 e. The lowest BCUT2D eigenvalue weighted by Gasteiger charge is -2.10. The lowest BCUT2D eigenvalue weighted by atomic mass is 10.1. The first-order valence-electron chi connectivity index (χ1n) is 5.75. The average Bonchev–Trinajstić information content (AvgIpc) is 2.61. The summed E-state index contributed by atoms with van der Waals surface area (Å²) in [7, 11) is 1.88. The summed E-state index contributed by atoms with van der Waals surface area (Å²) in [6.07, 6.45) is 2.94. The van der Waals surface area contributed by atoms with E-state index < -0.39 is 0 Å². The third-order valence-electron chi connectivity index (χ3n) is 2.59. The van der Waals surface area contributed by atoms with Gasteiger partial charge in [0.1, 0.15) is 0 Å². The minimum absolute atomic E-state index is 0.442. The molecule has 2 rings (SSSR count). The van der Waals surface area contributed by atoms with Crippen LogP contribution in [0.1, 0.15) is 12.5 Å². The van der Waals surface area contributed by atoms with E-state index in [1.807, 2.05) is 25.4 Å². The van der Waals surface area contributed by atoms with Crippen LogP contribution < -0.4 is 5.73 Å². The Kier molecular flexibility index (Phi) is 4.19. The van der Waals surface area contributed by atoms with Crippen molar-refractivity contribution in [2.45, 2.75) is 23.5 Å². The highest BCUT2D eigenvalue weighted by Crippen LogP contribution is 2.29. The third kappa shape index (κ3) is 3.43. The third-order valence-corrected chi connectivity index (χ3v) is 3.98. The summed E-state index contributed by atoms with van der Waals surface area (Å²) in [4.78, 5) is 1.04. The van der Waals surface area contributed by atoms with Gasteiger partial charge in [-0.1, -0.05) is 30.7 Å². The standard InChI is InChI=1S/C13H16ClN3S/c1-9(7-10-3-5-11(14)6-4-10)18-12-8-17(2)16-13(12)15/h3-6,8-9H,7H2,1-2H3,(H2,15,16). The van der Waals surface area contributed by atoms with E-state index in [9.17, 15) is 0 Å². The van der Waals surface area contributed by atoms with Crippen molar-refractivity contribution in [2.75, 3.05) is 5.73 Å². The van der Waals surface area contributed by atoms with Crippen molar-refractivity contribution in [3.63, 3.8) is 0 Å². The molecule has 18 heavy (non-hydrogen) atoms. The lowest BCUT2D eigenvalue weighted by molar-refractivity contribution is 0.770. The van der Waals surface area contributed by atoms with E-state index in [0.717, 1.165) is 16.3 Å². The van der Waals surface area contributed by atoms with E-state index in [-0.39, 0.29) is 0 Å². The Hall–Kier alpha value is -1.13. The topological polar surface area (TPSA) is 43.8 Å². The maximum atomic E-state index is 5.87. The number of aryl methyl sites for hydroxylation is 1. The number of anilines is 1. The fourth-order valence-corrected chi connectivity index (χ4v) is 3.00. The summed E-state index contributed by atoms with van der Waals surface area (Å²) in [5, 5.41) is 5.35. The Morgan fingerprint density at radius 3 is 2.61 bits per heavy atom. The predicted octanol–water partition coefficient (Wildman–Crippen LogP) is 3.38. The van der Waals surface area contributed by atoms with E-state index >= 15 is 0 Å². The molecule has 0 spiro atoms. The summed E-state index contributed by atoms with van der Waals surface area (Å²) in [5.74, 6) is 0.602. The van der Waals surface area contributed by atoms with Crippen LogP contribution in [0, 0.1) is 0 Å². The van der Waals surface area contributed by atoms with Gasteiger partial charge in [-0.3, -0.25) is 4.68 Å². The van der Waals surface area contributed by atoms with Crippen molar-refractivity contribution in [1.82, 2.24) is 9.78 Å². The molecule has 0 saturated carbocycles. The Morgan fingerprint density at radius 1 is 1.39 bits per heavy atom. The van der Waals surface area contributed by atoms with Gasteiger partial charge in [-0.2, -0.15) is 5.10 Å². The molecule has 0 aliphatic rings. The van der Waals surface area contributed by atoms with Crippen LogP contribution in [0.3, 0.4) is 0 Å². The van der Waals surface area contributed by atoms with Gasteiger partial charge < -0.3 is 5.73 Å². The monoisotopic (exact) mass is 281 g/mol. The number of rotatable bonds is 4. The molecule has 1 atom stereocenters. The zero-order valence-corrected chi connectivity index (χ0v) is 12.0. The second-order valence-electron chi connectivity index (χ2n) is 4.31. The highest BCUT2D eigenvalue weighted by molar-refractivity contribution is 8.00. The average molecular weight is 282 g/mol. The van der Waals surface area contributed by atoms with Gasteiger partial charge in [-0.15, -0.1) is 11.8 Å². The van der Waals surface area contributed by atoms with Gasteiger partial charge in [0, 0.05) is 23.5 Å². The van der Waals surface area contributed by atoms with Crippen molar-refractivity contribution in [1.29, 1.82) is 0 Å². The molecule has 3 nitrogen and oxygen atoms in total. The molecule has 0 aliphatic carbocycles. The zero-order chi connectivity index (χ0) is 13.1. The first kappa shape index (κ1) is 13.3. The van der Waals surface area contributed by atoms with E-state index in [1.165, 1.54) is 5.56 Å². The number of nitrogens with zero attached hydrogens (tertiary/aromatic N) is 2. The minimum atomic E-state index is 0.442. The van der Waals surface area contributed by atoms with Crippen LogP contribution in [-0.2, 0) is 13.5 Å². The molecule has 96 valence electrons. The fourth-order valence-electron chi connectivity index (χ4n) is 1.79. The molecule has 0 amide bonds. The van der Waals surface area contributed by atoms with Crippen LogP contribution in [0.25, 0.3) is 0 Å². The second-order valence-corrected chi connectivity index (χ2v) is 6.23. The molecule has 5 heteroatoms. The Bertz CT molecular complexity index is 522. The van der Waals surface area contributed by atoms with Crippen LogP contribution in [0.2, 0.25) is 5.02 Å². The van der Waals surface area contributed by atoms with Gasteiger partial charge >= 0.3 is 0 Å². The molecule has 1 heterocycles. The summed E-state index contributed by atoms with van der Waals surface area (Å²) in [6, 6.07) is 7.97. The predicted molar refractivity (Wildman–Crippen MR) is 78.1 cm³/mol. The van der Waals surface area contributed by atoms with Crippen LogP contribution in [0.15, 0.2) is 35.4 Å². The Morgan fingerprint density at radius 2 is 2.06 bits per heavy atom. The van der Waals surface area contributed by atoms with Gasteiger partial charge in [0.05, 0.1) is 4.90 Å². The Balaban J connectivity index is 1.98. The highest BCUT2D eigenvalue weighted by atomic mass is 35.5. The van der Waals surface area contributed by atoms with Crippen LogP contribution in [0.5, 0.6) is 0 Å². The van der Waals surface area contributed by atoms with Crippen LogP contribution in [-0.4, -0.2) is 15.0 Å². The van der Waals surface area contributed by atoms with Gasteiger partial charge in [-0.05, 0) is 24.1 Å². The number of halogens is 1. The van der Waals surface area contributed by atoms with E-state index in [2.05, 4.69) is 24.2 Å². The number of thioether (sulfide) groups is 1. The van der Waals surface area contributed by atoms with Crippen molar-refractivity contribution < 1.29 is 0 Å². The summed E-state index contributed by atoms with van der Waals surface area (Å²) < 4.78 is 1.74. The first-order valence-corrected chi connectivity index (χ1v) is 7.00. The number of aromatic nitrogens is 2. The zero-order valence-electron chi connectivity index (χ0n) is 10.4. The van der Waals surface area contributed by atoms with E-state index in [4.69, 9.17) is 17.3 Å². The summed E-state index contributed by atoms with van der Waals surface area (Å²) in [5.41, 5.74) is 7.11. The minimum Gasteiger partial charge on any atom is -0.381 e. The molecular formula is C13H16ClN3S. The molecule has 1 aromatic carbocycles. The molecule has 0 saturated heterocycles. The molecule has 1 aromatic heterocycles. The van der Waals surface area contributed by atoms with Crippen molar-refractivity contribution >= 4 is 29.2 Å². The van der Waals surface area contributed by atoms with Gasteiger partial charge in [0.2, 0.25) is 0 Å². The van der Waals surface area contributed by atoms with Crippen LogP contribution in [0.4, 0.5) is 5.82 Å². The Labute approximate surface area is 116 Å². The molecule has 0 fully saturated rings. The summed E-state index contributed by atoms with van der Waals surface area (Å²) >= 11 is 7.62. The van der Waals surface area contributed by atoms with Crippen molar-refractivity contribution in [2.24, 2.45) is 7.05 Å². The normalized spacial score (nSPS) is 12.6. The smallest absolute Gasteiger partial charge is 0.159 e. The van der Waals surface area contributed by atoms with Gasteiger partial charge in [0.25, 0.3) is 0 Å². The highest BCUT2D eigenvalue weighted by Gasteiger charge is 2.10. The van der Waals surface area contributed by atoms with E-state index in [0.29, 0.717) is 11.1 Å². The molecule has 2 N–H and O–H groups in total. The van der Waals surface area contributed by atoms with Crippen molar-refractivity contribution in [3.8, 4) is 0 Å². The molecular weight excluding hydrogens is 266 g/mol. The SMILES string of the molecule is CC(Cc1ccc(Cl)cc1)Sc1cn(C)nc1N. The quantitative estimate of drug-likeness (QED) is 0.874. The molecule has 2 aromatic rings. The number of benzene rings is 1. The van der Waals surface area contributed by atoms with Gasteiger partial charge in [-0.25, -0.2) is 0 Å². The fraction of sp³-hybridized carbons (Fsp3) is 0.308. The number of nitrogen functional groups attached to an aromatic ring is 1. The van der Waals surface area contributed by atoms with Gasteiger partial charge in [0.15, 0.2) is 5.82 Å².